The second-order valence-electron chi connectivity index (χ2n) is 3.75. The molecule has 20 heavy (non-hydrogen) atoms. The van der Waals surface area contributed by atoms with E-state index in [0.717, 1.165) is 0 Å². The quantitative estimate of drug-likeness (QED) is 0.755. The van der Waals surface area contributed by atoms with E-state index in [1.54, 1.807) is 18.2 Å². The molecule has 106 valence electrons. The molecule has 0 aliphatic carbocycles. The molecule has 0 heterocycles. The van der Waals surface area contributed by atoms with Crippen molar-refractivity contribution in [1.29, 1.82) is 5.26 Å². The summed E-state index contributed by atoms with van der Waals surface area (Å²) in [4.78, 5) is 24.3. The van der Waals surface area contributed by atoms with Gasteiger partial charge >= 0.3 is 11.9 Å². The Morgan fingerprint density at radius 3 is 2.25 bits per heavy atom. The smallest absolute Gasteiger partial charge is 0.325 e. The summed E-state index contributed by atoms with van der Waals surface area (Å²) < 4.78 is 9.77. The number of hydrogen-bond acceptors (Lipinski definition) is 6. The van der Waals surface area contributed by atoms with Crippen molar-refractivity contribution in [2.45, 2.75) is 0 Å². The lowest BCUT2D eigenvalue weighted by Crippen LogP contribution is -2.36. The van der Waals surface area contributed by atoms with E-state index in [2.05, 4.69) is 25.4 Å². The first-order valence-electron chi connectivity index (χ1n) is 5.60. The number of hydrogen-bond donors (Lipinski definition) is 0. The molecule has 6 nitrogen and oxygen atoms in total. The largest absolute Gasteiger partial charge is 0.468 e. The van der Waals surface area contributed by atoms with Crippen LogP contribution in [0.15, 0.2) is 22.7 Å². The van der Waals surface area contributed by atoms with Crippen molar-refractivity contribution in [2.24, 2.45) is 0 Å². The lowest BCUT2D eigenvalue weighted by atomic mass is 10.1. The number of carbonyl (C=O) groups is 2. The maximum absolute atomic E-state index is 11.4. The zero-order valence-electron chi connectivity index (χ0n) is 11.1. The van der Waals surface area contributed by atoms with Crippen LogP contribution in [0.25, 0.3) is 0 Å². The summed E-state index contributed by atoms with van der Waals surface area (Å²) in [6.07, 6.45) is 0. The summed E-state index contributed by atoms with van der Waals surface area (Å²) in [7, 11) is 2.51. The van der Waals surface area contributed by atoms with Crippen LogP contribution in [-0.4, -0.2) is 39.2 Å². The summed E-state index contributed by atoms with van der Waals surface area (Å²) in [5, 5.41) is 9.19. The normalized spacial score (nSPS) is 9.50. The molecule has 0 spiro atoms. The highest BCUT2D eigenvalue weighted by Crippen LogP contribution is 2.27. The maximum Gasteiger partial charge on any atom is 0.325 e. The van der Waals surface area contributed by atoms with Gasteiger partial charge in [-0.05, 0) is 28.1 Å². The van der Waals surface area contributed by atoms with Crippen LogP contribution in [0.4, 0.5) is 5.69 Å². The number of nitriles is 1. The van der Waals surface area contributed by atoms with Gasteiger partial charge in [0.15, 0.2) is 0 Å². The number of anilines is 1. The molecule has 0 bridgehead atoms. The Morgan fingerprint density at radius 1 is 1.25 bits per heavy atom. The number of ether oxygens (including phenoxy) is 2. The van der Waals surface area contributed by atoms with E-state index in [-0.39, 0.29) is 13.1 Å². The predicted octanol–water partition coefficient (Wildman–Crippen LogP) is 1.47. The first-order chi connectivity index (χ1) is 9.53. The van der Waals surface area contributed by atoms with E-state index in [1.165, 1.54) is 19.1 Å². The molecule has 0 atom stereocenters. The molecular weight excluding hydrogens is 328 g/mol. The van der Waals surface area contributed by atoms with Gasteiger partial charge in [0.2, 0.25) is 0 Å². The SMILES string of the molecule is COC(=O)CN(CC(=O)OC)c1cccc(Br)c1C#N. The maximum atomic E-state index is 11.4. The van der Waals surface area contributed by atoms with E-state index < -0.39 is 11.9 Å². The highest BCUT2D eigenvalue weighted by molar-refractivity contribution is 9.10. The highest BCUT2D eigenvalue weighted by Gasteiger charge is 2.20. The van der Waals surface area contributed by atoms with Crippen molar-refractivity contribution < 1.29 is 19.1 Å². The van der Waals surface area contributed by atoms with E-state index in [4.69, 9.17) is 0 Å². The molecule has 0 saturated carbocycles. The summed E-state index contributed by atoms with van der Waals surface area (Å²) in [6, 6.07) is 7.10. The molecular formula is C13H13BrN2O4. The van der Waals surface area contributed by atoms with Gasteiger partial charge in [0.05, 0.1) is 25.5 Å². The molecule has 0 fully saturated rings. The molecule has 0 aliphatic heterocycles. The molecule has 0 aliphatic rings. The molecule has 0 aromatic heterocycles. The second kappa shape index (κ2) is 7.50. The average molecular weight is 341 g/mol. The highest BCUT2D eigenvalue weighted by atomic mass is 79.9. The summed E-state index contributed by atoms with van der Waals surface area (Å²) in [5.41, 5.74) is 0.790. The number of carbonyl (C=O) groups excluding carboxylic acids is 2. The first kappa shape index (κ1) is 16.0. The van der Waals surface area contributed by atoms with Crippen LogP contribution >= 0.6 is 15.9 Å². The number of esters is 2. The van der Waals surface area contributed by atoms with Crippen molar-refractivity contribution in [2.75, 3.05) is 32.2 Å². The van der Waals surface area contributed by atoms with Gasteiger partial charge in [0.1, 0.15) is 19.2 Å². The zero-order valence-corrected chi connectivity index (χ0v) is 12.6. The number of halogens is 1. The van der Waals surface area contributed by atoms with Gasteiger partial charge in [-0.2, -0.15) is 5.26 Å². The Morgan fingerprint density at radius 2 is 1.80 bits per heavy atom. The minimum atomic E-state index is -0.516. The number of rotatable bonds is 5. The van der Waals surface area contributed by atoms with Gasteiger partial charge < -0.3 is 14.4 Å². The van der Waals surface area contributed by atoms with Crippen LogP contribution in [-0.2, 0) is 19.1 Å². The molecule has 1 aromatic rings. The van der Waals surface area contributed by atoms with Gasteiger partial charge in [-0.25, -0.2) is 0 Å². The van der Waals surface area contributed by atoms with E-state index >= 15 is 0 Å². The first-order valence-corrected chi connectivity index (χ1v) is 6.40. The Kier molecular flexibility index (Phi) is 6.00. The Hall–Kier alpha value is -2.07. The van der Waals surface area contributed by atoms with Crippen molar-refractivity contribution in [3.63, 3.8) is 0 Å². The van der Waals surface area contributed by atoms with Crippen molar-refractivity contribution in [3.8, 4) is 6.07 Å². The fraction of sp³-hybridized carbons (Fsp3) is 0.308. The molecule has 0 amide bonds. The van der Waals surface area contributed by atoms with Crippen LogP contribution in [0.2, 0.25) is 0 Å². The minimum Gasteiger partial charge on any atom is -0.468 e. The molecule has 1 rings (SSSR count). The Balaban J connectivity index is 3.16. The fourth-order valence-electron chi connectivity index (χ4n) is 1.55. The molecule has 0 unspecified atom stereocenters. The second-order valence-corrected chi connectivity index (χ2v) is 4.61. The summed E-state index contributed by atoms with van der Waals surface area (Å²) in [5.74, 6) is -1.03. The van der Waals surface area contributed by atoms with Gasteiger partial charge in [0, 0.05) is 4.47 Å². The van der Waals surface area contributed by atoms with Gasteiger partial charge in [-0.3, -0.25) is 9.59 Å². The third-order valence-electron chi connectivity index (χ3n) is 2.54. The third kappa shape index (κ3) is 3.96. The third-order valence-corrected chi connectivity index (χ3v) is 3.20. The molecule has 7 heteroatoms. The predicted molar refractivity (Wildman–Crippen MR) is 75.1 cm³/mol. The lowest BCUT2D eigenvalue weighted by molar-refractivity contribution is -0.140. The van der Waals surface area contributed by atoms with Gasteiger partial charge in [-0.1, -0.05) is 6.07 Å². The van der Waals surface area contributed by atoms with E-state index in [0.29, 0.717) is 15.7 Å². The van der Waals surface area contributed by atoms with Crippen molar-refractivity contribution in [1.82, 2.24) is 0 Å². The van der Waals surface area contributed by atoms with E-state index in [9.17, 15) is 14.9 Å². The standard InChI is InChI=1S/C13H13BrN2O4/c1-19-12(17)7-16(8-13(18)20-2)11-5-3-4-10(14)9(11)6-15/h3-5H,7-8H2,1-2H3. The van der Waals surface area contributed by atoms with Crippen LogP contribution in [0.1, 0.15) is 5.56 Å². The topological polar surface area (TPSA) is 79.6 Å². The van der Waals surface area contributed by atoms with Crippen LogP contribution < -0.4 is 4.90 Å². The monoisotopic (exact) mass is 340 g/mol. The van der Waals surface area contributed by atoms with E-state index in [1.807, 2.05) is 6.07 Å². The number of methoxy groups -OCH3 is 2. The molecule has 1 aromatic carbocycles. The Labute approximate surface area is 125 Å². The zero-order chi connectivity index (χ0) is 15.1. The molecule has 0 saturated heterocycles. The number of nitrogens with zero attached hydrogens (tertiary/aromatic N) is 2. The van der Waals surface area contributed by atoms with Crippen molar-refractivity contribution >= 4 is 33.6 Å². The summed E-state index contributed by atoms with van der Waals surface area (Å²) >= 11 is 3.26. The van der Waals surface area contributed by atoms with Gasteiger partial charge in [0.25, 0.3) is 0 Å². The van der Waals surface area contributed by atoms with Crippen molar-refractivity contribution in [3.05, 3.63) is 28.2 Å². The fourth-order valence-corrected chi connectivity index (χ4v) is 2.00. The Bertz CT molecular complexity index is 536. The average Bonchev–Trinajstić information content (AvgIpc) is 2.45. The van der Waals surface area contributed by atoms with Crippen LogP contribution in [0.5, 0.6) is 0 Å². The lowest BCUT2D eigenvalue weighted by Gasteiger charge is -2.23. The van der Waals surface area contributed by atoms with Gasteiger partial charge in [-0.15, -0.1) is 0 Å². The van der Waals surface area contributed by atoms with Crippen LogP contribution in [0, 0.1) is 11.3 Å². The molecule has 0 radical (unpaired) electrons. The molecule has 0 N–H and O–H groups in total. The summed E-state index contributed by atoms with van der Waals surface area (Å²) in [6.45, 7) is -0.312. The van der Waals surface area contributed by atoms with Crippen LogP contribution in [0.3, 0.4) is 0 Å². The number of benzene rings is 1. The minimum absolute atomic E-state index is 0.156.